The van der Waals surface area contributed by atoms with E-state index in [1.54, 1.807) is 0 Å². The van der Waals surface area contributed by atoms with E-state index in [4.69, 9.17) is 9.84 Å². The molecule has 4 heteroatoms. The lowest BCUT2D eigenvalue weighted by Gasteiger charge is -2.16. The van der Waals surface area contributed by atoms with E-state index in [1.165, 1.54) is 11.1 Å². The van der Waals surface area contributed by atoms with E-state index in [-0.39, 0.29) is 6.04 Å². The molecule has 1 heterocycles. The van der Waals surface area contributed by atoms with Crippen molar-refractivity contribution in [2.75, 3.05) is 6.61 Å². The van der Waals surface area contributed by atoms with Gasteiger partial charge < -0.3 is 4.74 Å². The molecule has 0 aliphatic carbocycles. The SMILES string of the molecule is Cc1nn(-c2ccccc2)c[n+]1[C@H](COCc1ccccc1)Cc1ccccc1. The second-order valence-corrected chi connectivity index (χ2v) is 7.19. The van der Waals surface area contributed by atoms with Crippen LogP contribution in [0.4, 0.5) is 0 Å². The summed E-state index contributed by atoms with van der Waals surface area (Å²) in [5, 5.41) is 4.73. The van der Waals surface area contributed by atoms with Crippen molar-refractivity contribution >= 4 is 0 Å². The van der Waals surface area contributed by atoms with Crippen LogP contribution in [0.15, 0.2) is 97.3 Å². The average Bonchev–Trinajstić information content (AvgIpc) is 3.17. The Morgan fingerprint density at radius 2 is 1.41 bits per heavy atom. The first-order chi connectivity index (χ1) is 14.3. The zero-order valence-electron chi connectivity index (χ0n) is 16.7. The second-order valence-electron chi connectivity index (χ2n) is 7.19. The zero-order valence-corrected chi connectivity index (χ0v) is 16.7. The maximum atomic E-state index is 6.12. The highest BCUT2D eigenvalue weighted by atomic mass is 16.5. The first-order valence-corrected chi connectivity index (χ1v) is 9.98. The van der Waals surface area contributed by atoms with Crippen molar-refractivity contribution in [3.05, 3.63) is 114 Å². The topological polar surface area (TPSA) is 30.9 Å². The van der Waals surface area contributed by atoms with Crippen LogP contribution in [0.2, 0.25) is 0 Å². The van der Waals surface area contributed by atoms with Crippen molar-refractivity contribution in [2.45, 2.75) is 26.0 Å². The minimum atomic E-state index is 0.165. The van der Waals surface area contributed by atoms with Gasteiger partial charge in [0.1, 0.15) is 11.7 Å². The minimum absolute atomic E-state index is 0.165. The summed E-state index contributed by atoms with van der Waals surface area (Å²) < 4.78 is 10.3. The number of para-hydroxylation sites is 1. The number of aryl methyl sites for hydroxylation is 1. The van der Waals surface area contributed by atoms with Crippen molar-refractivity contribution in [3.63, 3.8) is 0 Å². The molecule has 4 aromatic rings. The molecule has 3 aromatic carbocycles. The van der Waals surface area contributed by atoms with Crippen LogP contribution in [-0.2, 0) is 17.8 Å². The van der Waals surface area contributed by atoms with Gasteiger partial charge >= 0.3 is 0 Å². The third-order valence-electron chi connectivity index (χ3n) is 5.01. The van der Waals surface area contributed by atoms with E-state index in [2.05, 4.69) is 72.4 Å². The molecular weight excluding hydrogens is 358 g/mol. The molecular formula is C25H26N3O+. The summed E-state index contributed by atoms with van der Waals surface area (Å²) in [6.45, 7) is 3.28. The van der Waals surface area contributed by atoms with Gasteiger partial charge in [0.25, 0.3) is 5.82 Å². The Hall–Kier alpha value is -3.24. The first-order valence-electron chi connectivity index (χ1n) is 9.98. The monoisotopic (exact) mass is 384 g/mol. The molecule has 4 rings (SSSR count). The second kappa shape index (κ2) is 9.30. The molecule has 0 N–H and O–H groups in total. The van der Waals surface area contributed by atoms with E-state index >= 15 is 0 Å². The fourth-order valence-corrected chi connectivity index (χ4v) is 3.51. The maximum absolute atomic E-state index is 6.12. The number of rotatable bonds is 8. The molecule has 0 saturated heterocycles. The molecule has 0 aliphatic rings. The Morgan fingerprint density at radius 1 is 0.828 bits per heavy atom. The largest absolute Gasteiger partial charge is 0.373 e. The smallest absolute Gasteiger partial charge is 0.275 e. The number of hydrogen-bond acceptors (Lipinski definition) is 2. The number of ether oxygens (including phenoxy) is 1. The first kappa shape index (κ1) is 19.1. The van der Waals surface area contributed by atoms with Gasteiger partial charge in [-0.05, 0) is 23.3 Å². The summed E-state index contributed by atoms with van der Waals surface area (Å²) in [4.78, 5) is 0. The Balaban J connectivity index is 1.55. The molecule has 0 unspecified atom stereocenters. The molecule has 1 atom stereocenters. The molecule has 29 heavy (non-hydrogen) atoms. The van der Waals surface area contributed by atoms with Gasteiger partial charge in [-0.2, -0.15) is 0 Å². The van der Waals surface area contributed by atoms with Gasteiger partial charge in [-0.25, -0.2) is 4.57 Å². The number of nitrogens with zero attached hydrogens (tertiary/aromatic N) is 3. The molecule has 146 valence electrons. The zero-order chi connectivity index (χ0) is 19.9. The van der Waals surface area contributed by atoms with Crippen molar-refractivity contribution in [2.24, 2.45) is 0 Å². The average molecular weight is 385 g/mol. The number of benzene rings is 3. The molecule has 0 spiro atoms. The van der Waals surface area contributed by atoms with E-state index in [1.807, 2.05) is 41.1 Å². The van der Waals surface area contributed by atoms with Crippen LogP contribution < -0.4 is 4.57 Å². The van der Waals surface area contributed by atoms with E-state index in [9.17, 15) is 0 Å². The van der Waals surface area contributed by atoms with Crippen LogP contribution in [0, 0.1) is 6.92 Å². The van der Waals surface area contributed by atoms with Gasteiger partial charge in [0.15, 0.2) is 0 Å². The molecule has 0 saturated carbocycles. The Morgan fingerprint density at radius 3 is 2.07 bits per heavy atom. The third kappa shape index (κ3) is 4.98. The van der Waals surface area contributed by atoms with E-state index < -0.39 is 0 Å². The lowest BCUT2D eigenvalue weighted by atomic mass is 10.1. The lowest BCUT2D eigenvalue weighted by Crippen LogP contribution is -2.44. The predicted molar refractivity (Wildman–Crippen MR) is 114 cm³/mol. The molecule has 0 fully saturated rings. The van der Waals surface area contributed by atoms with E-state index in [0.29, 0.717) is 13.2 Å². The minimum Gasteiger partial charge on any atom is -0.373 e. The Kier molecular flexibility index (Phi) is 6.13. The van der Waals surface area contributed by atoms with E-state index in [0.717, 1.165) is 17.9 Å². The van der Waals surface area contributed by atoms with Crippen LogP contribution in [0.5, 0.6) is 0 Å². The standard InChI is InChI=1S/C25H26N3O/c1-21-26-28(24-15-9-4-10-16-24)20-27(21)25(17-22-11-5-2-6-12-22)19-29-18-23-13-7-3-8-14-23/h2-16,20,25H,17-19H2,1H3/q+1/t25-/m0/s1. The highest BCUT2D eigenvalue weighted by molar-refractivity contribution is 5.28. The van der Waals surface area contributed by atoms with Crippen LogP contribution >= 0.6 is 0 Å². The van der Waals surface area contributed by atoms with Gasteiger partial charge in [0.2, 0.25) is 6.33 Å². The summed E-state index contributed by atoms with van der Waals surface area (Å²) in [5.41, 5.74) is 3.53. The van der Waals surface area contributed by atoms with Crippen molar-refractivity contribution in [1.82, 2.24) is 9.78 Å². The molecule has 0 aliphatic heterocycles. The van der Waals surface area contributed by atoms with Crippen molar-refractivity contribution in [1.29, 1.82) is 0 Å². The van der Waals surface area contributed by atoms with Gasteiger partial charge in [-0.3, -0.25) is 0 Å². The maximum Gasteiger partial charge on any atom is 0.275 e. The number of hydrogen-bond donors (Lipinski definition) is 0. The Labute approximate surface area is 172 Å². The predicted octanol–water partition coefficient (Wildman–Crippen LogP) is 4.47. The molecule has 0 bridgehead atoms. The van der Waals surface area contributed by atoms with Gasteiger partial charge in [-0.15, -0.1) is 0 Å². The molecule has 1 aromatic heterocycles. The van der Waals surface area contributed by atoms with Crippen molar-refractivity contribution < 1.29 is 9.30 Å². The summed E-state index contributed by atoms with van der Waals surface area (Å²) in [5.74, 6) is 0.970. The fraction of sp³-hybridized carbons (Fsp3) is 0.200. The van der Waals surface area contributed by atoms with Crippen LogP contribution in [-0.4, -0.2) is 16.4 Å². The van der Waals surface area contributed by atoms with Crippen molar-refractivity contribution in [3.8, 4) is 5.69 Å². The highest BCUT2D eigenvalue weighted by Gasteiger charge is 2.23. The molecule has 4 nitrogen and oxygen atoms in total. The number of aromatic nitrogens is 3. The summed E-state index contributed by atoms with van der Waals surface area (Å²) in [6.07, 6.45) is 2.96. The van der Waals surface area contributed by atoms with Gasteiger partial charge in [0, 0.05) is 18.4 Å². The van der Waals surface area contributed by atoms with Crippen LogP contribution in [0.25, 0.3) is 5.69 Å². The Bertz CT molecular complexity index is 1010. The van der Waals surface area contributed by atoms with Crippen LogP contribution in [0.3, 0.4) is 0 Å². The molecule has 0 radical (unpaired) electrons. The summed E-state index contributed by atoms with van der Waals surface area (Å²) >= 11 is 0. The highest BCUT2D eigenvalue weighted by Crippen LogP contribution is 2.13. The van der Waals surface area contributed by atoms with Crippen LogP contribution in [0.1, 0.15) is 23.0 Å². The van der Waals surface area contributed by atoms with Gasteiger partial charge in [-0.1, -0.05) is 83.5 Å². The quantitative estimate of drug-likeness (QED) is 0.420. The summed E-state index contributed by atoms with van der Waals surface area (Å²) in [6, 6.07) is 31.2. The van der Waals surface area contributed by atoms with Gasteiger partial charge in [0.05, 0.1) is 13.2 Å². The third-order valence-corrected chi connectivity index (χ3v) is 5.01. The fourth-order valence-electron chi connectivity index (χ4n) is 3.51. The molecule has 0 amide bonds. The summed E-state index contributed by atoms with van der Waals surface area (Å²) in [7, 11) is 0. The normalized spacial score (nSPS) is 12.0. The lowest BCUT2D eigenvalue weighted by molar-refractivity contribution is -0.730.